The number of hydrogen-bond acceptors (Lipinski definition) is 0. The molecule has 0 radical (unpaired) electrons. The van der Waals surface area contributed by atoms with E-state index in [1.165, 1.54) is 99.4 Å². The summed E-state index contributed by atoms with van der Waals surface area (Å²) in [6.07, 6.45) is 0. The molecule has 6 rings (SSSR count). The minimum atomic E-state index is -0.826. The molecule has 3 heteroatoms. The van der Waals surface area contributed by atoms with Gasteiger partial charge in [0.15, 0.2) is 0 Å². The van der Waals surface area contributed by atoms with Crippen molar-refractivity contribution in [2.45, 2.75) is 76.2 Å². The first-order valence-electron chi connectivity index (χ1n) is 15.5. The summed E-state index contributed by atoms with van der Waals surface area (Å²) in [4.78, 5) is 0. The van der Waals surface area contributed by atoms with Crippen LogP contribution in [0, 0.1) is 76.2 Å². The second-order valence-electron chi connectivity index (χ2n) is 12.3. The number of benzene rings is 4. The molecule has 45 heavy (non-hydrogen) atoms. The fraction of sp³-hybridized carbons (Fsp3) is 0.262. The van der Waals surface area contributed by atoms with Crippen molar-refractivity contribution < 1.29 is 20.8 Å². The summed E-state index contributed by atoms with van der Waals surface area (Å²) in [6, 6.07) is 27.6. The van der Waals surface area contributed by atoms with Crippen LogP contribution in [0.4, 0.5) is 0 Å². The Morgan fingerprint density at radius 1 is 0.467 bits per heavy atom. The van der Waals surface area contributed by atoms with E-state index in [0.717, 1.165) is 0 Å². The Hall–Kier alpha value is -2.44. The van der Waals surface area contributed by atoms with Gasteiger partial charge in [0, 0.05) is 0 Å². The minimum absolute atomic E-state index is 0.826. The summed E-state index contributed by atoms with van der Waals surface area (Å²) in [5, 5.41) is 5.57. The van der Waals surface area contributed by atoms with Crippen molar-refractivity contribution in [2.75, 3.05) is 0 Å². The third-order valence-corrected chi connectivity index (χ3v) is 8.43. The molecule has 0 fully saturated rings. The van der Waals surface area contributed by atoms with Crippen LogP contribution in [0.15, 0.2) is 72.8 Å². The second-order valence-corrected chi connectivity index (χ2v) is 16.0. The molecule has 0 saturated carbocycles. The van der Waals surface area contributed by atoms with Crippen molar-refractivity contribution in [3.05, 3.63) is 135 Å². The van der Waals surface area contributed by atoms with Crippen LogP contribution in [-0.2, 0) is 20.8 Å². The van der Waals surface area contributed by atoms with Crippen LogP contribution in [-0.4, -0.2) is 0 Å². The van der Waals surface area contributed by atoms with E-state index in [9.17, 15) is 0 Å². The molecular formula is C42H47Cl2Zr-3. The Kier molecular flexibility index (Phi) is 13.5. The number of halogens is 2. The summed E-state index contributed by atoms with van der Waals surface area (Å²) in [7, 11) is 9.87. The third-order valence-electron chi connectivity index (χ3n) is 8.43. The molecule has 0 spiro atoms. The van der Waals surface area contributed by atoms with Crippen LogP contribution in [0.2, 0.25) is 0 Å². The van der Waals surface area contributed by atoms with Gasteiger partial charge in [0.2, 0.25) is 0 Å². The molecule has 0 nitrogen and oxygen atoms in total. The molecule has 0 aromatic heterocycles. The van der Waals surface area contributed by atoms with Crippen LogP contribution < -0.4 is 0 Å². The van der Waals surface area contributed by atoms with Gasteiger partial charge in [-0.3, -0.25) is 0 Å². The van der Waals surface area contributed by atoms with E-state index < -0.39 is 20.8 Å². The Morgan fingerprint density at radius 3 is 1.04 bits per heavy atom. The van der Waals surface area contributed by atoms with Crippen LogP contribution in [0.3, 0.4) is 0 Å². The zero-order valence-electron chi connectivity index (χ0n) is 28.9. The number of hydrogen-bond donors (Lipinski definition) is 0. The molecule has 0 saturated heterocycles. The molecule has 0 aliphatic heterocycles. The zero-order chi connectivity index (χ0) is 33.6. The third kappa shape index (κ3) is 8.89. The van der Waals surface area contributed by atoms with E-state index in [2.05, 4.69) is 149 Å². The van der Waals surface area contributed by atoms with Gasteiger partial charge >= 0.3 is 37.9 Å². The van der Waals surface area contributed by atoms with Gasteiger partial charge in [-0.25, -0.2) is 0 Å². The van der Waals surface area contributed by atoms with E-state index >= 15 is 0 Å². The molecule has 6 aromatic rings. The van der Waals surface area contributed by atoms with Gasteiger partial charge < -0.3 is 6.92 Å². The molecule has 0 heterocycles. The summed E-state index contributed by atoms with van der Waals surface area (Å²) < 4.78 is 0. The van der Waals surface area contributed by atoms with E-state index in [1.54, 1.807) is 6.92 Å². The fourth-order valence-corrected chi connectivity index (χ4v) is 6.34. The molecule has 0 atom stereocenters. The van der Waals surface area contributed by atoms with Crippen molar-refractivity contribution >= 4 is 38.6 Å². The molecule has 0 N–H and O–H groups in total. The Balaban J connectivity index is 0.000000215. The van der Waals surface area contributed by atoms with Crippen LogP contribution in [0.5, 0.6) is 0 Å². The zero-order valence-corrected chi connectivity index (χ0v) is 32.9. The normalized spacial score (nSPS) is 10.4. The van der Waals surface area contributed by atoms with Gasteiger partial charge in [0.25, 0.3) is 0 Å². The summed E-state index contributed by atoms with van der Waals surface area (Å²) in [5.41, 5.74) is 19.0. The molecule has 0 amide bonds. The molecule has 236 valence electrons. The Morgan fingerprint density at radius 2 is 0.756 bits per heavy atom. The SMILES string of the molecule is Cc1cc(C)cc(-c2cc(C)c(C)c3[cH-]c(C)cc23)c1.Cc1cc(C)cc(-c2cc(C)c(C)c3[cH-]c(C)cc23)c1.[CH2-]C.[Cl][Zr][Cl]. The Bertz CT molecular complexity index is 1740. The molecule has 0 bridgehead atoms. The number of aryl methyl sites for hydroxylation is 10. The average molecular weight is 714 g/mol. The molecule has 6 aromatic carbocycles. The molecule has 0 unspecified atom stereocenters. The van der Waals surface area contributed by atoms with Crippen LogP contribution >= 0.6 is 17.0 Å². The van der Waals surface area contributed by atoms with Crippen LogP contribution in [0.1, 0.15) is 62.6 Å². The summed E-state index contributed by atoms with van der Waals surface area (Å²) in [6.45, 7) is 26.9. The van der Waals surface area contributed by atoms with Crippen molar-refractivity contribution in [3.8, 4) is 22.3 Å². The topological polar surface area (TPSA) is 0 Å². The average Bonchev–Trinajstić information content (AvgIpc) is 3.56. The molecular weight excluding hydrogens is 667 g/mol. The van der Waals surface area contributed by atoms with Gasteiger partial charge in [-0.2, -0.15) is 19.1 Å². The molecule has 0 aliphatic rings. The predicted octanol–water partition coefficient (Wildman–Crippen LogP) is 13.8. The van der Waals surface area contributed by atoms with Crippen molar-refractivity contribution in [1.29, 1.82) is 0 Å². The van der Waals surface area contributed by atoms with Crippen molar-refractivity contribution in [2.24, 2.45) is 0 Å². The van der Waals surface area contributed by atoms with Gasteiger partial charge in [0.05, 0.1) is 0 Å². The first kappa shape index (κ1) is 37.0. The maximum atomic E-state index is 4.93. The van der Waals surface area contributed by atoms with Gasteiger partial charge in [-0.15, -0.1) is 55.9 Å². The first-order chi connectivity index (χ1) is 21.3. The fourth-order valence-electron chi connectivity index (χ4n) is 6.34. The number of fused-ring (bicyclic) bond motifs is 2. The molecule has 0 aliphatic carbocycles. The van der Waals surface area contributed by atoms with E-state index in [4.69, 9.17) is 17.0 Å². The van der Waals surface area contributed by atoms with Gasteiger partial charge in [0.1, 0.15) is 0 Å². The van der Waals surface area contributed by atoms with Crippen LogP contribution in [0.25, 0.3) is 43.8 Å². The van der Waals surface area contributed by atoms with Crippen molar-refractivity contribution in [1.82, 2.24) is 0 Å². The van der Waals surface area contributed by atoms with E-state index in [1.807, 2.05) is 0 Å². The standard InChI is InChI=1S/2C20H21.C2H5.2ClH.Zr/c2*1-12-6-13(2)8-17(7-12)19-11-15(4)16(5)18-9-14(3)10-20(18)19;1-2;;;/h2*6-11H,1-5H3;1H2,2H3;2*1H;/q3*-1;;;+2/p-2. The van der Waals surface area contributed by atoms with Gasteiger partial charge in [-0.1, -0.05) is 121 Å². The van der Waals surface area contributed by atoms with E-state index in [0.29, 0.717) is 0 Å². The van der Waals surface area contributed by atoms with Crippen molar-refractivity contribution in [3.63, 3.8) is 0 Å². The summed E-state index contributed by atoms with van der Waals surface area (Å²) in [5.74, 6) is 0. The summed E-state index contributed by atoms with van der Waals surface area (Å²) >= 11 is -0.826. The van der Waals surface area contributed by atoms with E-state index in [-0.39, 0.29) is 0 Å². The number of rotatable bonds is 2. The monoisotopic (exact) mass is 711 g/mol. The quantitative estimate of drug-likeness (QED) is 0.157. The first-order valence-corrected chi connectivity index (χ1v) is 21.8. The predicted molar refractivity (Wildman–Crippen MR) is 200 cm³/mol. The maximum absolute atomic E-state index is 4.93. The second kappa shape index (κ2) is 16.4. The van der Waals surface area contributed by atoms with Gasteiger partial charge in [-0.05, 0) is 52.7 Å². The Labute approximate surface area is 291 Å².